The standard InChI is InChI=1S/C33H34N4O5/c38-29(17-16-23-10-4-1-5-11-23)36-28(20-24-12-6-2-7-13-24)32(41)37-27(21-26-18-19-34-31(26)40)30(39)33(42)35-22-25-14-8-3-9-15-25/h1-17,26-28H,18-22H2,(H,34,40)(H,35,42)(H,36,38)(H,37,41)/t26-,27-,28-/m0/s1. The third-order valence-corrected chi connectivity index (χ3v) is 6.98. The number of nitrogens with one attached hydrogen (secondary N) is 4. The molecule has 3 atom stereocenters. The molecule has 1 aliphatic rings. The van der Waals surface area contributed by atoms with Crippen LogP contribution in [0.1, 0.15) is 29.5 Å². The number of carbonyl (C=O) groups is 5. The van der Waals surface area contributed by atoms with Crippen LogP contribution in [0.4, 0.5) is 0 Å². The first-order valence-corrected chi connectivity index (χ1v) is 13.9. The molecule has 4 rings (SSSR count). The molecular weight excluding hydrogens is 532 g/mol. The third-order valence-electron chi connectivity index (χ3n) is 6.98. The van der Waals surface area contributed by atoms with Gasteiger partial charge in [-0.05, 0) is 35.6 Å². The van der Waals surface area contributed by atoms with Gasteiger partial charge in [0.2, 0.25) is 23.5 Å². The summed E-state index contributed by atoms with van der Waals surface area (Å²) < 4.78 is 0. The number of benzene rings is 3. The second-order valence-electron chi connectivity index (χ2n) is 10.1. The molecular formula is C33H34N4O5. The Hall–Kier alpha value is -5.05. The van der Waals surface area contributed by atoms with Gasteiger partial charge in [0.25, 0.3) is 5.91 Å². The van der Waals surface area contributed by atoms with E-state index in [1.165, 1.54) is 6.08 Å². The van der Waals surface area contributed by atoms with E-state index in [0.717, 1.165) is 16.7 Å². The van der Waals surface area contributed by atoms with Crippen molar-refractivity contribution in [1.82, 2.24) is 21.3 Å². The van der Waals surface area contributed by atoms with E-state index in [-0.39, 0.29) is 25.3 Å². The van der Waals surface area contributed by atoms with E-state index in [2.05, 4.69) is 21.3 Å². The second kappa shape index (κ2) is 15.1. The third kappa shape index (κ3) is 8.99. The lowest BCUT2D eigenvalue weighted by Gasteiger charge is -2.24. The Balaban J connectivity index is 1.49. The van der Waals surface area contributed by atoms with Crippen LogP contribution in [-0.2, 0) is 36.9 Å². The maximum absolute atomic E-state index is 13.6. The summed E-state index contributed by atoms with van der Waals surface area (Å²) in [5.74, 6) is -3.60. The van der Waals surface area contributed by atoms with Gasteiger partial charge in [-0.3, -0.25) is 24.0 Å². The molecule has 1 aliphatic heterocycles. The fourth-order valence-corrected chi connectivity index (χ4v) is 4.70. The zero-order valence-corrected chi connectivity index (χ0v) is 23.1. The predicted molar refractivity (Wildman–Crippen MR) is 159 cm³/mol. The van der Waals surface area contributed by atoms with Crippen LogP contribution in [0.2, 0.25) is 0 Å². The van der Waals surface area contributed by atoms with Crippen LogP contribution in [-0.4, -0.2) is 48.0 Å². The fraction of sp³-hybridized carbons (Fsp3) is 0.242. The lowest BCUT2D eigenvalue weighted by atomic mass is 9.94. The summed E-state index contributed by atoms with van der Waals surface area (Å²) in [4.78, 5) is 64.9. The molecule has 42 heavy (non-hydrogen) atoms. The van der Waals surface area contributed by atoms with Gasteiger partial charge in [-0.2, -0.15) is 0 Å². The van der Waals surface area contributed by atoms with E-state index >= 15 is 0 Å². The number of hydrogen-bond donors (Lipinski definition) is 4. The summed E-state index contributed by atoms with van der Waals surface area (Å²) in [5.41, 5.74) is 2.42. The Labute approximate surface area is 244 Å². The number of amides is 4. The highest BCUT2D eigenvalue weighted by Gasteiger charge is 2.35. The monoisotopic (exact) mass is 566 g/mol. The quantitative estimate of drug-likeness (QED) is 0.186. The predicted octanol–water partition coefficient (Wildman–Crippen LogP) is 2.32. The Bertz CT molecular complexity index is 1410. The molecule has 216 valence electrons. The van der Waals surface area contributed by atoms with Gasteiger partial charge < -0.3 is 21.3 Å². The lowest BCUT2D eigenvalue weighted by Crippen LogP contribution is -2.55. The molecule has 0 saturated carbocycles. The van der Waals surface area contributed by atoms with Crippen molar-refractivity contribution in [3.05, 3.63) is 114 Å². The number of ketones is 1. The summed E-state index contributed by atoms with van der Waals surface area (Å²) in [6.45, 7) is 0.593. The smallest absolute Gasteiger partial charge is 0.289 e. The molecule has 3 aromatic rings. The van der Waals surface area contributed by atoms with E-state index in [0.29, 0.717) is 13.0 Å². The van der Waals surface area contributed by atoms with Crippen LogP contribution in [0, 0.1) is 5.92 Å². The van der Waals surface area contributed by atoms with E-state index in [1.807, 2.05) is 91.0 Å². The molecule has 0 radical (unpaired) electrons. The number of rotatable bonds is 13. The van der Waals surface area contributed by atoms with Crippen molar-refractivity contribution in [2.45, 2.75) is 37.9 Å². The summed E-state index contributed by atoms with van der Waals surface area (Å²) in [5, 5.41) is 10.7. The van der Waals surface area contributed by atoms with Crippen molar-refractivity contribution in [2.24, 2.45) is 5.92 Å². The minimum Gasteiger partial charge on any atom is -0.356 e. The first-order valence-electron chi connectivity index (χ1n) is 13.9. The molecule has 4 N–H and O–H groups in total. The molecule has 0 bridgehead atoms. The van der Waals surface area contributed by atoms with Crippen LogP contribution >= 0.6 is 0 Å². The van der Waals surface area contributed by atoms with E-state index in [9.17, 15) is 24.0 Å². The molecule has 1 saturated heterocycles. The maximum Gasteiger partial charge on any atom is 0.289 e. The molecule has 9 heteroatoms. The first-order chi connectivity index (χ1) is 20.4. The Morgan fingerprint density at radius 3 is 2.05 bits per heavy atom. The van der Waals surface area contributed by atoms with Crippen molar-refractivity contribution in [1.29, 1.82) is 0 Å². The largest absolute Gasteiger partial charge is 0.356 e. The Morgan fingerprint density at radius 2 is 1.43 bits per heavy atom. The zero-order valence-electron chi connectivity index (χ0n) is 23.1. The zero-order chi connectivity index (χ0) is 29.7. The van der Waals surface area contributed by atoms with Crippen molar-refractivity contribution in [3.8, 4) is 0 Å². The highest BCUT2D eigenvalue weighted by molar-refractivity contribution is 6.38. The molecule has 0 unspecified atom stereocenters. The first kappa shape index (κ1) is 29.9. The summed E-state index contributed by atoms with van der Waals surface area (Å²) in [7, 11) is 0. The van der Waals surface area contributed by atoms with Gasteiger partial charge in [-0.1, -0.05) is 91.0 Å². The van der Waals surface area contributed by atoms with Crippen molar-refractivity contribution in [2.75, 3.05) is 6.54 Å². The SMILES string of the molecule is O=C(C=Cc1ccccc1)N[C@@H](Cc1ccccc1)C(=O)N[C@@H](C[C@@H]1CCNC1=O)C(=O)C(=O)NCc1ccccc1. The van der Waals surface area contributed by atoms with Crippen LogP contribution in [0.3, 0.4) is 0 Å². The molecule has 9 nitrogen and oxygen atoms in total. The van der Waals surface area contributed by atoms with E-state index in [4.69, 9.17) is 0 Å². The normalized spacial score (nSPS) is 15.8. The molecule has 0 aromatic heterocycles. The van der Waals surface area contributed by atoms with Crippen LogP contribution in [0.25, 0.3) is 6.08 Å². The summed E-state index contributed by atoms with van der Waals surface area (Å²) in [6.07, 6.45) is 3.58. The molecule has 1 heterocycles. The van der Waals surface area contributed by atoms with Gasteiger partial charge in [0, 0.05) is 31.5 Å². The van der Waals surface area contributed by atoms with Crippen LogP contribution in [0.5, 0.6) is 0 Å². The molecule has 3 aromatic carbocycles. The number of carbonyl (C=O) groups excluding carboxylic acids is 5. The number of Topliss-reactive ketones (excluding diaryl/α,β-unsaturated/α-hetero) is 1. The van der Waals surface area contributed by atoms with Gasteiger partial charge in [0.1, 0.15) is 6.04 Å². The van der Waals surface area contributed by atoms with Crippen LogP contribution < -0.4 is 21.3 Å². The molecule has 0 aliphatic carbocycles. The minimum atomic E-state index is -1.25. The average Bonchev–Trinajstić information content (AvgIpc) is 3.43. The maximum atomic E-state index is 13.6. The Kier molecular flexibility index (Phi) is 10.7. The Morgan fingerprint density at radius 1 is 0.810 bits per heavy atom. The van der Waals surface area contributed by atoms with Gasteiger partial charge >= 0.3 is 0 Å². The second-order valence-corrected chi connectivity index (χ2v) is 10.1. The highest BCUT2D eigenvalue weighted by Crippen LogP contribution is 2.17. The minimum absolute atomic E-state index is 0.0327. The van der Waals surface area contributed by atoms with Gasteiger partial charge in [0.05, 0.1) is 6.04 Å². The summed E-state index contributed by atoms with van der Waals surface area (Å²) >= 11 is 0. The topological polar surface area (TPSA) is 133 Å². The lowest BCUT2D eigenvalue weighted by molar-refractivity contribution is -0.141. The van der Waals surface area contributed by atoms with Crippen LogP contribution in [0.15, 0.2) is 97.1 Å². The van der Waals surface area contributed by atoms with Crippen molar-refractivity contribution < 1.29 is 24.0 Å². The van der Waals surface area contributed by atoms with Crippen molar-refractivity contribution in [3.63, 3.8) is 0 Å². The average molecular weight is 567 g/mol. The highest BCUT2D eigenvalue weighted by atomic mass is 16.2. The summed E-state index contributed by atoms with van der Waals surface area (Å²) in [6, 6.07) is 25.2. The molecule has 1 fully saturated rings. The van der Waals surface area contributed by atoms with Gasteiger partial charge in [-0.25, -0.2) is 0 Å². The van der Waals surface area contributed by atoms with E-state index < -0.39 is 41.5 Å². The molecule has 0 spiro atoms. The van der Waals surface area contributed by atoms with Crippen molar-refractivity contribution >= 4 is 35.5 Å². The van der Waals surface area contributed by atoms with Gasteiger partial charge in [-0.15, -0.1) is 0 Å². The van der Waals surface area contributed by atoms with E-state index in [1.54, 1.807) is 6.08 Å². The molecule has 4 amide bonds. The fourth-order valence-electron chi connectivity index (χ4n) is 4.70. The number of hydrogen-bond acceptors (Lipinski definition) is 5. The van der Waals surface area contributed by atoms with Gasteiger partial charge in [0.15, 0.2) is 0 Å².